The normalized spacial score (nSPS) is 46.7. The zero-order chi connectivity index (χ0) is 17.9. The Bertz CT molecular complexity index is 850. The quantitative estimate of drug-likeness (QED) is 0.888. The van der Waals surface area contributed by atoms with E-state index in [-0.39, 0.29) is 28.6 Å². The number of carbonyl (C=O) groups excluding carboxylic acids is 1. The Morgan fingerprint density at radius 1 is 1.31 bits per heavy atom. The minimum absolute atomic E-state index is 0.0120. The van der Waals surface area contributed by atoms with E-state index in [9.17, 15) is 4.79 Å². The molecule has 1 saturated heterocycles. The summed E-state index contributed by atoms with van der Waals surface area (Å²) in [5.41, 5.74) is 3.81. The minimum Gasteiger partial charge on any atom is -0.486 e. The van der Waals surface area contributed by atoms with Gasteiger partial charge in [0.25, 0.3) is 0 Å². The maximum atomic E-state index is 12.7. The molecule has 4 heteroatoms. The largest absolute Gasteiger partial charge is 0.486 e. The summed E-state index contributed by atoms with van der Waals surface area (Å²) >= 11 is 0. The molecule has 4 nitrogen and oxygen atoms in total. The van der Waals surface area contributed by atoms with E-state index in [1.54, 1.807) is 14.0 Å². The molecular formula is C22H27NO3. The molecule has 7 rings (SSSR count). The maximum absolute atomic E-state index is 12.7. The molecular weight excluding hydrogens is 326 g/mol. The molecule has 0 amide bonds. The fraction of sp³-hybridized carbons (Fsp3) is 0.682. The second-order valence-corrected chi connectivity index (χ2v) is 9.36. The Morgan fingerprint density at radius 2 is 2.15 bits per heavy atom. The number of nitrogens with one attached hydrogen (secondary N) is 1. The van der Waals surface area contributed by atoms with Crippen LogP contribution in [0.1, 0.15) is 49.3 Å². The van der Waals surface area contributed by atoms with E-state index in [2.05, 4.69) is 24.4 Å². The average Bonchev–Trinajstić information content (AvgIpc) is 2.99. The summed E-state index contributed by atoms with van der Waals surface area (Å²) in [6, 6.07) is 4.97. The highest BCUT2D eigenvalue weighted by Crippen LogP contribution is 2.75. The van der Waals surface area contributed by atoms with Crippen molar-refractivity contribution in [3.05, 3.63) is 28.8 Å². The van der Waals surface area contributed by atoms with E-state index in [4.69, 9.17) is 9.47 Å². The van der Waals surface area contributed by atoms with Crippen LogP contribution in [0.25, 0.3) is 0 Å². The van der Waals surface area contributed by atoms with Crippen molar-refractivity contribution in [1.29, 1.82) is 0 Å². The van der Waals surface area contributed by atoms with Crippen LogP contribution in [-0.2, 0) is 21.4 Å². The van der Waals surface area contributed by atoms with Crippen molar-refractivity contribution < 1.29 is 14.3 Å². The fourth-order valence-corrected chi connectivity index (χ4v) is 7.96. The number of methoxy groups -OCH3 is 1. The predicted octanol–water partition coefficient (Wildman–Crippen LogP) is 2.69. The highest BCUT2D eigenvalue weighted by atomic mass is 16.6. The maximum Gasteiger partial charge on any atom is 0.139 e. The molecule has 2 spiro atoms. The third kappa shape index (κ3) is 1.34. The van der Waals surface area contributed by atoms with Crippen molar-refractivity contribution in [3.8, 4) is 5.75 Å². The molecule has 0 radical (unpaired) electrons. The minimum atomic E-state index is -0.477. The summed E-state index contributed by atoms with van der Waals surface area (Å²) in [6.45, 7) is 4.94. The van der Waals surface area contributed by atoms with E-state index in [1.165, 1.54) is 16.7 Å². The zero-order valence-electron chi connectivity index (χ0n) is 15.9. The Balaban J connectivity index is 1.70. The van der Waals surface area contributed by atoms with E-state index < -0.39 is 5.60 Å². The first-order chi connectivity index (χ1) is 12.5. The van der Waals surface area contributed by atoms with Crippen LogP contribution in [0.5, 0.6) is 5.75 Å². The lowest BCUT2D eigenvalue weighted by molar-refractivity contribution is -0.258. The summed E-state index contributed by atoms with van der Waals surface area (Å²) in [4.78, 5) is 12.7. The number of ether oxygens (including phenoxy) is 2. The van der Waals surface area contributed by atoms with Crippen LogP contribution in [0.15, 0.2) is 12.1 Å². The molecule has 1 aromatic rings. The molecule has 4 bridgehead atoms. The van der Waals surface area contributed by atoms with Gasteiger partial charge in [-0.2, -0.15) is 0 Å². The second-order valence-electron chi connectivity index (χ2n) is 9.36. The number of aryl methyl sites for hydroxylation is 1. The van der Waals surface area contributed by atoms with Crippen molar-refractivity contribution >= 4 is 5.78 Å². The lowest BCUT2D eigenvalue weighted by Gasteiger charge is -2.72. The van der Waals surface area contributed by atoms with Gasteiger partial charge in [-0.15, -0.1) is 0 Å². The number of benzene rings is 1. The SMILES string of the molecule is CO[C@]12CC[C@@]3(C[C@@H]1C(C)=O)[C@H]1Cc4ccc(C)c5c4[C@@]3(CCN1)C2O5. The Kier molecular flexibility index (Phi) is 2.73. The second kappa shape index (κ2) is 4.53. The molecule has 2 heterocycles. The number of ketones is 1. The Morgan fingerprint density at radius 3 is 2.92 bits per heavy atom. The predicted molar refractivity (Wildman–Crippen MR) is 97.6 cm³/mol. The molecule has 2 aliphatic heterocycles. The Labute approximate surface area is 154 Å². The summed E-state index contributed by atoms with van der Waals surface area (Å²) in [5.74, 6) is 1.31. The van der Waals surface area contributed by atoms with Crippen LogP contribution in [-0.4, -0.2) is 37.2 Å². The van der Waals surface area contributed by atoms with Gasteiger partial charge in [0.1, 0.15) is 23.2 Å². The molecule has 138 valence electrons. The number of piperidine rings is 1. The van der Waals surface area contributed by atoms with Crippen molar-refractivity contribution in [2.45, 2.75) is 69.1 Å². The van der Waals surface area contributed by atoms with Gasteiger partial charge in [0.15, 0.2) is 0 Å². The van der Waals surface area contributed by atoms with Gasteiger partial charge in [0, 0.05) is 29.5 Å². The fourth-order valence-electron chi connectivity index (χ4n) is 7.96. The first-order valence-corrected chi connectivity index (χ1v) is 10.1. The van der Waals surface area contributed by atoms with Crippen LogP contribution < -0.4 is 10.1 Å². The molecule has 1 N–H and O–H groups in total. The Hall–Kier alpha value is -1.39. The zero-order valence-corrected chi connectivity index (χ0v) is 15.9. The molecule has 1 unspecified atom stereocenters. The first-order valence-electron chi connectivity index (χ1n) is 10.1. The molecule has 26 heavy (non-hydrogen) atoms. The molecule has 4 fully saturated rings. The molecule has 4 aliphatic carbocycles. The summed E-state index contributed by atoms with van der Waals surface area (Å²) in [6.07, 6.45) is 5.13. The average molecular weight is 353 g/mol. The molecule has 6 aliphatic rings. The lowest BCUT2D eigenvalue weighted by atomic mass is 9.35. The number of carbonyl (C=O) groups is 1. The van der Waals surface area contributed by atoms with Crippen LogP contribution in [0.4, 0.5) is 0 Å². The van der Waals surface area contributed by atoms with Gasteiger partial charge < -0.3 is 14.8 Å². The lowest BCUT2D eigenvalue weighted by Crippen LogP contribution is -2.81. The summed E-state index contributed by atoms with van der Waals surface area (Å²) in [5, 5.41) is 3.84. The van der Waals surface area contributed by atoms with E-state index in [0.29, 0.717) is 6.04 Å². The number of fused-ring (bicyclic) bond motifs is 2. The monoisotopic (exact) mass is 353 g/mol. The van der Waals surface area contributed by atoms with E-state index in [1.807, 2.05) is 0 Å². The van der Waals surface area contributed by atoms with Gasteiger partial charge >= 0.3 is 0 Å². The van der Waals surface area contributed by atoms with Crippen LogP contribution in [0.3, 0.4) is 0 Å². The van der Waals surface area contributed by atoms with Gasteiger partial charge in [0.2, 0.25) is 0 Å². The van der Waals surface area contributed by atoms with Crippen molar-refractivity contribution in [1.82, 2.24) is 5.32 Å². The van der Waals surface area contributed by atoms with Gasteiger partial charge in [-0.3, -0.25) is 4.79 Å². The van der Waals surface area contributed by atoms with Gasteiger partial charge in [-0.25, -0.2) is 0 Å². The highest BCUT2D eigenvalue weighted by molar-refractivity contribution is 5.81. The number of Topliss-reactive ketones (excluding diaryl/α,β-unsaturated/α-hetero) is 1. The first kappa shape index (κ1) is 15.6. The molecule has 6 atom stereocenters. The third-order valence-electron chi connectivity index (χ3n) is 8.89. The number of hydrogen-bond acceptors (Lipinski definition) is 4. The van der Waals surface area contributed by atoms with E-state index >= 15 is 0 Å². The van der Waals surface area contributed by atoms with Gasteiger partial charge in [0.05, 0.1) is 5.92 Å². The van der Waals surface area contributed by atoms with Crippen LogP contribution in [0, 0.1) is 18.3 Å². The molecule has 3 saturated carbocycles. The third-order valence-corrected chi connectivity index (χ3v) is 8.89. The smallest absolute Gasteiger partial charge is 0.139 e. The number of hydrogen-bond donors (Lipinski definition) is 1. The number of rotatable bonds is 2. The van der Waals surface area contributed by atoms with Gasteiger partial charge in [-0.1, -0.05) is 12.1 Å². The highest BCUT2D eigenvalue weighted by Gasteiger charge is 2.80. The summed E-state index contributed by atoms with van der Waals surface area (Å²) < 4.78 is 13.1. The van der Waals surface area contributed by atoms with Crippen LogP contribution in [0.2, 0.25) is 0 Å². The van der Waals surface area contributed by atoms with Gasteiger partial charge in [-0.05, 0) is 63.6 Å². The van der Waals surface area contributed by atoms with Crippen LogP contribution >= 0.6 is 0 Å². The van der Waals surface area contributed by atoms with Crippen molar-refractivity contribution in [2.24, 2.45) is 11.3 Å². The molecule has 0 aromatic heterocycles. The molecule has 1 aromatic carbocycles. The van der Waals surface area contributed by atoms with E-state index in [0.717, 1.165) is 44.4 Å². The summed E-state index contributed by atoms with van der Waals surface area (Å²) in [7, 11) is 1.80. The van der Waals surface area contributed by atoms with Crippen molar-refractivity contribution in [2.75, 3.05) is 13.7 Å². The standard InChI is InChI=1S/C22H27NO3/c1-12-4-5-14-10-16-20-6-7-22(25-3,15(11-20)13(2)24)19-21(20,8-9-23-16)17(14)18(12)26-19/h4-5,15-16,19,23H,6-11H2,1-3H3/t15-,16-,19?,20-,21+,22-/m1/s1. The topological polar surface area (TPSA) is 47.6 Å². The van der Waals surface area contributed by atoms with Crippen molar-refractivity contribution in [3.63, 3.8) is 0 Å².